The maximum Gasteiger partial charge on any atom is 0.233 e. The molecule has 0 saturated heterocycles. The quantitative estimate of drug-likeness (QED) is 0.647. The van der Waals surface area contributed by atoms with Crippen LogP contribution in [0, 0.1) is 17.5 Å². The highest BCUT2D eigenvalue weighted by Crippen LogP contribution is 2.23. The number of hydrogen-bond acceptors (Lipinski definition) is 3. The molecule has 0 aliphatic heterocycles. The summed E-state index contributed by atoms with van der Waals surface area (Å²) in [4.78, 5) is 20.5. The number of aromatic amines is 1. The van der Waals surface area contributed by atoms with Gasteiger partial charge >= 0.3 is 0 Å². The molecule has 0 atom stereocenters. The van der Waals surface area contributed by atoms with E-state index in [0.717, 1.165) is 23.9 Å². The van der Waals surface area contributed by atoms with Crippen LogP contribution in [0.3, 0.4) is 0 Å². The Balaban J connectivity index is 1.65. The van der Waals surface area contributed by atoms with Crippen LogP contribution in [-0.4, -0.2) is 33.6 Å². The SMILES string of the molecule is CN(Cc1c(F)cccc1Cl)C(=O)CSc1nc2cc(F)c(F)cc2[nH]1. The minimum atomic E-state index is -0.988. The largest absolute Gasteiger partial charge is 0.341 e. The van der Waals surface area contributed by atoms with Gasteiger partial charge in [0.1, 0.15) is 5.82 Å². The number of nitrogens with one attached hydrogen (secondary N) is 1. The second-order valence-corrected chi connectivity index (χ2v) is 6.94. The first kappa shape index (κ1) is 18.6. The summed E-state index contributed by atoms with van der Waals surface area (Å²) >= 11 is 7.05. The summed E-state index contributed by atoms with van der Waals surface area (Å²) in [5.74, 6) is -2.69. The van der Waals surface area contributed by atoms with E-state index in [9.17, 15) is 18.0 Å². The fourth-order valence-electron chi connectivity index (χ4n) is 2.30. The number of aromatic nitrogens is 2. The normalized spacial score (nSPS) is 11.1. The van der Waals surface area contributed by atoms with Crippen molar-refractivity contribution in [2.24, 2.45) is 0 Å². The fraction of sp³-hybridized carbons (Fsp3) is 0.176. The van der Waals surface area contributed by atoms with E-state index in [1.54, 1.807) is 6.07 Å². The van der Waals surface area contributed by atoms with Gasteiger partial charge in [-0.1, -0.05) is 29.4 Å². The molecule has 0 spiro atoms. The van der Waals surface area contributed by atoms with Crippen molar-refractivity contribution in [3.63, 3.8) is 0 Å². The van der Waals surface area contributed by atoms with E-state index in [-0.39, 0.29) is 34.3 Å². The maximum atomic E-state index is 13.8. The van der Waals surface area contributed by atoms with Gasteiger partial charge in [-0.15, -0.1) is 0 Å². The van der Waals surface area contributed by atoms with Crippen LogP contribution in [0.5, 0.6) is 0 Å². The molecule has 136 valence electrons. The smallest absolute Gasteiger partial charge is 0.233 e. The highest BCUT2D eigenvalue weighted by atomic mass is 35.5. The Bertz CT molecular complexity index is 920. The monoisotopic (exact) mass is 399 g/mol. The van der Waals surface area contributed by atoms with Gasteiger partial charge in [-0.2, -0.15) is 0 Å². The number of benzene rings is 2. The molecule has 9 heteroatoms. The molecule has 0 unspecified atom stereocenters. The molecule has 1 aromatic heterocycles. The van der Waals surface area contributed by atoms with Crippen molar-refractivity contribution in [3.05, 3.63) is 58.4 Å². The third-order valence-corrected chi connectivity index (χ3v) is 4.93. The number of nitrogens with zero attached hydrogens (tertiary/aromatic N) is 2. The van der Waals surface area contributed by atoms with Gasteiger partial charge in [0.05, 0.1) is 16.8 Å². The van der Waals surface area contributed by atoms with Crippen LogP contribution < -0.4 is 0 Å². The molecule has 3 rings (SSSR count). The number of fused-ring (bicyclic) bond motifs is 1. The number of thioether (sulfide) groups is 1. The van der Waals surface area contributed by atoms with Crippen molar-refractivity contribution in [1.82, 2.24) is 14.9 Å². The van der Waals surface area contributed by atoms with Crippen LogP contribution >= 0.6 is 23.4 Å². The molecule has 0 fully saturated rings. The summed E-state index contributed by atoms with van der Waals surface area (Å²) in [6.45, 7) is 0.0292. The molecule has 0 bridgehead atoms. The molecular weight excluding hydrogens is 387 g/mol. The highest BCUT2D eigenvalue weighted by molar-refractivity contribution is 7.99. The zero-order valence-electron chi connectivity index (χ0n) is 13.5. The summed E-state index contributed by atoms with van der Waals surface area (Å²) in [6.07, 6.45) is 0. The lowest BCUT2D eigenvalue weighted by atomic mass is 10.2. The number of amides is 1. The lowest BCUT2D eigenvalue weighted by Crippen LogP contribution is -2.28. The van der Waals surface area contributed by atoms with Crippen molar-refractivity contribution >= 4 is 40.3 Å². The molecule has 4 nitrogen and oxygen atoms in total. The summed E-state index contributed by atoms with van der Waals surface area (Å²) in [7, 11) is 1.54. The minimum absolute atomic E-state index is 0.0212. The van der Waals surface area contributed by atoms with Gasteiger partial charge in [-0.3, -0.25) is 4.79 Å². The van der Waals surface area contributed by atoms with Crippen LogP contribution in [-0.2, 0) is 11.3 Å². The minimum Gasteiger partial charge on any atom is -0.341 e. The Labute approximate surface area is 156 Å². The molecule has 1 amide bonds. The molecule has 2 aromatic carbocycles. The molecule has 1 heterocycles. The average molecular weight is 400 g/mol. The van der Waals surface area contributed by atoms with E-state index in [4.69, 9.17) is 11.6 Å². The van der Waals surface area contributed by atoms with E-state index in [2.05, 4.69) is 9.97 Å². The van der Waals surface area contributed by atoms with Crippen molar-refractivity contribution in [2.45, 2.75) is 11.7 Å². The summed E-state index contributed by atoms with van der Waals surface area (Å²) in [6, 6.07) is 6.32. The Kier molecular flexibility index (Phi) is 5.43. The van der Waals surface area contributed by atoms with Gasteiger partial charge in [0.2, 0.25) is 5.91 Å². The first-order valence-corrected chi connectivity index (χ1v) is 8.86. The van der Waals surface area contributed by atoms with Gasteiger partial charge in [0.25, 0.3) is 0 Å². The standard InChI is InChI=1S/C17H13ClF3N3OS/c1-24(7-9-10(18)3-2-4-11(9)19)16(25)8-26-17-22-14-5-12(20)13(21)6-15(14)23-17/h2-6H,7-8H2,1H3,(H,22,23). The number of carbonyl (C=O) groups is 1. The first-order valence-electron chi connectivity index (χ1n) is 7.49. The van der Waals surface area contributed by atoms with Gasteiger partial charge < -0.3 is 9.88 Å². The summed E-state index contributed by atoms with van der Waals surface area (Å²) in [5, 5.41) is 0.606. The predicted molar refractivity (Wildman–Crippen MR) is 94.6 cm³/mol. The first-order chi connectivity index (χ1) is 12.3. The van der Waals surface area contributed by atoms with E-state index >= 15 is 0 Å². The molecule has 0 aliphatic carbocycles. The van der Waals surface area contributed by atoms with Crippen LogP contribution in [0.25, 0.3) is 11.0 Å². The molecule has 0 aliphatic rings. The topological polar surface area (TPSA) is 49.0 Å². The van der Waals surface area contributed by atoms with Crippen molar-refractivity contribution < 1.29 is 18.0 Å². The van der Waals surface area contributed by atoms with Crippen LogP contribution in [0.4, 0.5) is 13.2 Å². The number of imidazole rings is 1. The third-order valence-electron chi connectivity index (χ3n) is 3.72. The molecule has 0 saturated carbocycles. The number of hydrogen-bond donors (Lipinski definition) is 1. The van der Waals surface area contributed by atoms with Crippen LogP contribution in [0.1, 0.15) is 5.56 Å². The zero-order valence-corrected chi connectivity index (χ0v) is 15.1. The second kappa shape index (κ2) is 7.59. The van der Waals surface area contributed by atoms with Gasteiger partial charge in [0.15, 0.2) is 16.8 Å². The van der Waals surface area contributed by atoms with Gasteiger partial charge in [0, 0.05) is 36.3 Å². The molecule has 26 heavy (non-hydrogen) atoms. The Morgan fingerprint density at radius 3 is 2.69 bits per heavy atom. The predicted octanol–water partition coefficient (Wildman–Crippen LogP) is 4.38. The number of rotatable bonds is 5. The van der Waals surface area contributed by atoms with Crippen LogP contribution in [0.15, 0.2) is 35.5 Å². The highest BCUT2D eigenvalue weighted by Gasteiger charge is 2.16. The molecular formula is C17H13ClF3N3OS. The number of halogens is 4. The second-order valence-electron chi connectivity index (χ2n) is 5.56. The van der Waals surface area contributed by atoms with E-state index in [0.29, 0.717) is 10.7 Å². The number of H-pyrrole nitrogens is 1. The fourth-order valence-corrected chi connectivity index (χ4v) is 3.35. The molecule has 0 radical (unpaired) electrons. The Morgan fingerprint density at radius 1 is 1.23 bits per heavy atom. The van der Waals surface area contributed by atoms with Crippen molar-refractivity contribution in [3.8, 4) is 0 Å². The summed E-state index contributed by atoms with van der Waals surface area (Å²) in [5.41, 5.74) is 0.848. The van der Waals surface area contributed by atoms with E-state index < -0.39 is 17.5 Å². The lowest BCUT2D eigenvalue weighted by Gasteiger charge is -2.18. The van der Waals surface area contributed by atoms with Gasteiger partial charge in [-0.05, 0) is 12.1 Å². The summed E-state index contributed by atoms with van der Waals surface area (Å²) < 4.78 is 40.2. The van der Waals surface area contributed by atoms with Gasteiger partial charge in [-0.25, -0.2) is 18.2 Å². The number of carbonyl (C=O) groups excluding carboxylic acids is 1. The zero-order chi connectivity index (χ0) is 18.8. The average Bonchev–Trinajstić information content (AvgIpc) is 2.98. The van der Waals surface area contributed by atoms with Crippen LogP contribution in [0.2, 0.25) is 5.02 Å². The Morgan fingerprint density at radius 2 is 1.96 bits per heavy atom. The van der Waals surface area contributed by atoms with E-state index in [1.165, 1.54) is 24.1 Å². The maximum absolute atomic E-state index is 13.8. The molecule has 3 aromatic rings. The van der Waals surface area contributed by atoms with Crippen molar-refractivity contribution in [2.75, 3.05) is 12.8 Å². The van der Waals surface area contributed by atoms with Crippen molar-refractivity contribution in [1.29, 1.82) is 0 Å². The van der Waals surface area contributed by atoms with E-state index in [1.807, 2.05) is 0 Å². The molecule has 1 N–H and O–H groups in total. The third kappa shape index (κ3) is 3.96. The Hall–Kier alpha value is -2.19. The lowest BCUT2D eigenvalue weighted by molar-refractivity contribution is -0.127.